The molecule has 144 valence electrons. The van der Waals surface area contributed by atoms with E-state index in [1.807, 2.05) is 25.1 Å². The van der Waals surface area contributed by atoms with E-state index in [0.29, 0.717) is 23.9 Å². The fourth-order valence-corrected chi connectivity index (χ4v) is 2.42. The van der Waals surface area contributed by atoms with Gasteiger partial charge in [0.2, 0.25) is 5.88 Å². The van der Waals surface area contributed by atoms with Crippen molar-refractivity contribution in [3.05, 3.63) is 72.0 Å². The monoisotopic (exact) mass is 381 g/mol. The molecule has 7 heteroatoms. The van der Waals surface area contributed by atoms with Crippen LogP contribution >= 0.6 is 0 Å². The summed E-state index contributed by atoms with van der Waals surface area (Å²) >= 11 is 0. The smallest absolute Gasteiger partial charge is 0.258 e. The summed E-state index contributed by atoms with van der Waals surface area (Å²) in [5.41, 5.74) is 2.45. The van der Waals surface area contributed by atoms with E-state index in [-0.39, 0.29) is 24.9 Å². The van der Waals surface area contributed by atoms with Crippen LogP contribution < -0.4 is 14.8 Å². The normalized spacial score (nSPS) is 10.4. The molecule has 0 fully saturated rings. The summed E-state index contributed by atoms with van der Waals surface area (Å²) in [6.45, 7) is 2.47. The van der Waals surface area contributed by atoms with Crippen molar-refractivity contribution in [1.29, 1.82) is 0 Å². The number of hydrogen-bond donors (Lipinski definition) is 1. The number of aromatic nitrogens is 2. The maximum Gasteiger partial charge on any atom is 0.258 e. The Morgan fingerprint density at radius 2 is 1.86 bits per heavy atom. The maximum absolute atomic E-state index is 13.0. The van der Waals surface area contributed by atoms with Gasteiger partial charge >= 0.3 is 0 Å². The highest BCUT2D eigenvalue weighted by molar-refractivity contribution is 5.77. The van der Waals surface area contributed by atoms with Crippen molar-refractivity contribution < 1.29 is 18.7 Å². The Labute approximate surface area is 162 Å². The van der Waals surface area contributed by atoms with Crippen LogP contribution in [0, 0.1) is 12.7 Å². The molecule has 0 atom stereocenters. The van der Waals surface area contributed by atoms with E-state index in [4.69, 9.17) is 9.47 Å². The lowest BCUT2D eigenvalue weighted by atomic mass is 10.1. The third-order valence-electron chi connectivity index (χ3n) is 3.81. The molecule has 3 aromatic rings. The molecular weight excluding hydrogens is 361 g/mol. The van der Waals surface area contributed by atoms with Crippen LogP contribution in [0.5, 0.6) is 11.6 Å². The van der Waals surface area contributed by atoms with Gasteiger partial charge in [0.25, 0.3) is 5.91 Å². The Balaban J connectivity index is 1.37. The molecule has 0 radical (unpaired) electrons. The SMILES string of the molecule is Cc1cccc(OCC(=O)NCCOc2ccc(-c3ccc(F)cc3)nn2)c1. The first-order chi connectivity index (χ1) is 13.6. The summed E-state index contributed by atoms with van der Waals surface area (Å²) in [5, 5.41) is 10.7. The maximum atomic E-state index is 13.0. The average Bonchev–Trinajstić information content (AvgIpc) is 2.71. The van der Waals surface area contributed by atoms with E-state index < -0.39 is 0 Å². The second-order valence-electron chi connectivity index (χ2n) is 6.07. The zero-order chi connectivity index (χ0) is 19.8. The molecule has 1 heterocycles. The van der Waals surface area contributed by atoms with Gasteiger partial charge in [0.1, 0.15) is 18.2 Å². The van der Waals surface area contributed by atoms with Crippen LogP contribution in [0.2, 0.25) is 0 Å². The van der Waals surface area contributed by atoms with Gasteiger partial charge in [-0.1, -0.05) is 12.1 Å². The Hall–Kier alpha value is -3.48. The first kappa shape index (κ1) is 19.3. The minimum absolute atomic E-state index is 0.0599. The van der Waals surface area contributed by atoms with Crippen LogP contribution in [-0.2, 0) is 4.79 Å². The van der Waals surface area contributed by atoms with Gasteiger partial charge in [0.15, 0.2) is 6.61 Å². The molecule has 3 rings (SSSR count). The largest absolute Gasteiger partial charge is 0.484 e. The summed E-state index contributed by atoms with van der Waals surface area (Å²) < 4.78 is 23.8. The minimum atomic E-state index is -0.303. The third-order valence-corrected chi connectivity index (χ3v) is 3.81. The zero-order valence-electron chi connectivity index (χ0n) is 15.4. The molecule has 1 aromatic heterocycles. The molecule has 0 saturated carbocycles. The molecule has 1 amide bonds. The van der Waals surface area contributed by atoms with Gasteiger partial charge in [-0.25, -0.2) is 4.39 Å². The third kappa shape index (κ3) is 5.77. The number of nitrogens with one attached hydrogen (secondary N) is 1. The van der Waals surface area contributed by atoms with Gasteiger partial charge in [-0.05, 0) is 55.0 Å². The molecule has 0 saturated heterocycles. The number of amides is 1. The molecule has 2 aromatic carbocycles. The minimum Gasteiger partial charge on any atom is -0.484 e. The first-order valence-corrected chi connectivity index (χ1v) is 8.79. The Bertz CT molecular complexity index is 915. The van der Waals surface area contributed by atoms with Crippen LogP contribution in [0.1, 0.15) is 5.56 Å². The molecule has 0 spiro atoms. The van der Waals surface area contributed by atoms with Crippen molar-refractivity contribution in [2.24, 2.45) is 0 Å². The average molecular weight is 381 g/mol. The highest BCUT2D eigenvalue weighted by Gasteiger charge is 2.05. The molecule has 0 aliphatic rings. The molecule has 0 bridgehead atoms. The molecule has 0 aliphatic heterocycles. The van der Waals surface area contributed by atoms with Crippen molar-refractivity contribution in [3.63, 3.8) is 0 Å². The van der Waals surface area contributed by atoms with E-state index in [9.17, 15) is 9.18 Å². The number of aryl methyl sites for hydroxylation is 1. The van der Waals surface area contributed by atoms with E-state index in [2.05, 4.69) is 15.5 Å². The van der Waals surface area contributed by atoms with Gasteiger partial charge in [0, 0.05) is 11.6 Å². The summed E-state index contributed by atoms with van der Waals surface area (Å²) in [6, 6.07) is 16.9. The lowest BCUT2D eigenvalue weighted by molar-refractivity contribution is -0.123. The van der Waals surface area contributed by atoms with Crippen molar-refractivity contribution in [2.75, 3.05) is 19.8 Å². The van der Waals surface area contributed by atoms with Crippen molar-refractivity contribution >= 4 is 5.91 Å². The summed E-state index contributed by atoms with van der Waals surface area (Å²) in [6.07, 6.45) is 0. The lowest BCUT2D eigenvalue weighted by Crippen LogP contribution is -2.32. The summed E-state index contributed by atoms with van der Waals surface area (Å²) in [7, 11) is 0. The second-order valence-corrected chi connectivity index (χ2v) is 6.07. The van der Waals surface area contributed by atoms with Crippen molar-refractivity contribution in [3.8, 4) is 22.9 Å². The number of rotatable bonds is 8. The van der Waals surface area contributed by atoms with E-state index >= 15 is 0 Å². The van der Waals surface area contributed by atoms with Gasteiger partial charge < -0.3 is 14.8 Å². The van der Waals surface area contributed by atoms with Crippen LogP contribution in [0.15, 0.2) is 60.7 Å². The standard InChI is InChI=1S/C21H20FN3O3/c1-15-3-2-4-18(13-15)28-14-20(26)23-11-12-27-21-10-9-19(24-25-21)16-5-7-17(22)8-6-16/h2-10,13H,11-12,14H2,1H3,(H,23,26). The number of carbonyl (C=O) groups excluding carboxylic acids is 1. The number of halogens is 1. The molecule has 0 aliphatic carbocycles. The quantitative estimate of drug-likeness (QED) is 0.607. The first-order valence-electron chi connectivity index (χ1n) is 8.79. The Kier molecular flexibility index (Phi) is 6.51. The Morgan fingerprint density at radius 3 is 2.57 bits per heavy atom. The van der Waals surface area contributed by atoms with Crippen LogP contribution in [0.4, 0.5) is 4.39 Å². The number of carbonyl (C=O) groups is 1. The predicted octanol–water partition coefficient (Wildman–Crippen LogP) is 3.17. The number of ether oxygens (including phenoxy) is 2. The van der Waals surface area contributed by atoms with E-state index in [0.717, 1.165) is 11.1 Å². The predicted molar refractivity (Wildman–Crippen MR) is 103 cm³/mol. The fourth-order valence-electron chi connectivity index (χ4n) is 2.42. The van der Waals surface area contributed by atoms with Gasteiger partial charge in [0.05, 0.1) is 12.2 Å². The topological polar surface area (TPSA) is 73.3 Å². The van der Waals surface area contributed by atoms with Crippen molar-refractivity contribution in [1.82, 2.24) is 15.5 Å². The highest BCUT2D eigenvalue weighted by atomic mass is 19.1. The van der Waals surface area contributed by atoms with E-state index in [1.165, 1.54) is 12.1 Å². The van der Waals surface area contributed by atoms with Gasteiger partial charge in [-0.15, -0.1) is 10.2 Å². The van der Waals surface area contributed by atoms with Gasteiger partial charge in [-0.3, -0.25) is 4.79 Å². The van der Waals surface area contributed by atoms with Crippen LogP contribution in [0.25, 0.3) is 11.3 Å². The second kappa shape index (κ2) is 9.45. The molecule has 0 unspecified atom stereocenters. The van der Waals surface area contributed by atoms with Gasteiger partial charge in [-0.2, -0.15) is 0 Å². The number of hydrogen-bond acceptors (Lipinski definition) is 5. The Morgan fingerprint density at radius 1 is 1.04 bits per heavy atom. The van der Waals surface area contributed by atoms with E-state index in [1.54, 1.807) is 30.3 Å². The highest BCUT2D eigenvalue weighted by Crippen LogP contribution is 2.18. The number of benzene rings is 2. The number of nitrogens with zero attached hydrogens (tertiary/aromatic N) is 2. The summed E-state index contributed by atoms with van der Waals surface area (Å²) in [5.74, 6) is 0.463. The molecule has 1 N–H and O–H groups in total. The lowest BCUT2D eigenvalue weighted by Gasteiger charge is -2.09. The van der Waals surface area contributed by atoms with Crippen LogP contribution in [0.3, 0.4) is 0 Å². The molecule has 28 heavy (non-hydrogen) atoms. The zero-order valence-corrected chi connectivity index (χ0v) is 15.4. The molecular formula is C21H20FN3O3. The van der Waals surface area contributed by atoms with Crippen molar-refractivity contribution in [2.45, 2.75) is 6.92 Å². The van der Waals surface area contributed by atoms with Crippen LogP contribution in [-0.4, -0.2) is 35.9 Å². The fraction of sp³-hybridized carbons (Fsp3) is 0.190. The molecule has 6 nitrogen and oxygen atoms in total. The summed E-state index contributed by atoms with van der Waals surface area (Å²) in [4.78, 5) is 11.8.